The van der Waals surface area contributed by atoms with Gasteiger partial charge in [-0.2, -0.15) is 0 Å². The summed E-state index contributed by atoms with van der Waals surface area (Å²) < 4.78 is 5.27. The summed E-state index contributed by atoms with van der Waals surface area (Å²) in [6, 6.07) is 1.25. The summed E-state index contributed by atoms with van der Waals surface area (Å²) in [6.07, 6.45) is 3.16. The van der Waals surface area contributed by atoms with Gasteiger partial charge in [-0.1, -0.05) is 0 Å². The lowest BCUT2D eigenvalue weighted by atomic mass is 10.1. The fraction of sp³-hybridized carbons (Fsp3) is 0.571. The second kappa shape index (κ2) is 5.77. The number of hydrogen-bond donors (Lipinski definition) is 2. The first-order valence-electron chi connectivity index (χ1n) is 7.28. The average molecular weight is 292 g/mol. The predicted octanol–water partition coefficient (Wildman–Crippen LogP) is 0.0603. The minimum absolute atomic E-state index is 0.0312. The van der Waals surface area contributed by atoms with Crippen molar-refractivity contribution in [3.63, 3.8) is 0 Å². The number of likely N-dealkylation sites (tertiary alicyclic amines) is 1. The maximum Gasteiger partial charge on any atom is 0.271 e. The summed E-state index contributed by atoms with van der Waals surface area (Å²) in [5.41, 5.74) is 6.60. The number of amides is 2. The zero-order valence-electron chi connectivity index (χ0n) is 11.9. The molecular formula is C14H20N4O3. The minimum atomic E-state index is -0.361. The number of carbonyl (C=O) groups excluding carboxylic acids is 2. The van der Waals surface area contributed by atoms with Gasteiger partial charge < -0.3 is 25.3 Å². The molecule has 2 saturated heterocycles. The third kappa shape index (κ3) is 2.73. The number of aromatic nitrogens is 1. The highest BCUT2D eigenvalue weighted by Gasteiger charge is 2.37. The van der Waals surface area contributed by atoms with Crippen molar-refractivity contribution in [1.29, 1.82) is 0 Å². The number of hydrogen-bond acceptors (Lipinski definition) is 4. The Bertz CT molecular complexity index is 536. The molecule has 21 heavy (non-hydrogen) atoms. The first kappa shape index (κ1) is 13.9. The van der Waals surface area contributed by atoms with E-state index >= 15 is 0 Å². The monoisotopic (exact) mass is 292 g/mol. The molecule has 0 aromatic carbocycles. The molecule has 1 aromatic rings. The molecule has 2 amide bonds. The molecule has 1 unspecified atom stereocenters. The lowest BCUT2D eigenvalue weighted by molar-refractivity contribution is -0.139. The maximum absolute atomic E-state index is 12.6. The molecule has 0 saturated carbocycles. The fourth-order valence-corrected chi connectivity index (χ4v) is 2.95. The van der Waals surface area contributed by atoms with E-state index in [2.05, 4.69) is 4.98 Å². The van der Waals surface area contributed by atoms with Crippen molar-refractivity contribution < 1.29 is 14.3 Å². The summed E-state index contributed by atoms with van der Waals surface area (Å²) in [7, 11) is 0. The molecule has 7 heteroatoms. The van der Waals surface area contributed by atoms with Gasteiger partial charge in [0.05, 0.1) is 13.2 Å². The number of nitrogens with two attached hydrogens (primary N) is 1. The van der Waals surface area contributed by atoms with Gasteiger partial charge in [-0.25, -0.2) is 0 Å². The molecule has 2 fully saturated rings. The van der Waals surface area contributed by atoms with Gasteiger partial charge >= 0.3 is 0 Å². The number of rotatable bonds is 2. The first-order chi connectivity index (χ1) is 10.2. The number of nitrogen functional groups attached to an aromatic ring is 1. The lowest BCUT2D eigenvalue weighted by Gasteiger charge is -2.32. The second-order valence-corrected chi connectivity index (χ2v) is 5.44. The normalized spacial score (nSPS) is 22.6. The van der Waals surface area contributed by atoms with Crippen molar-refractivity contribution in [2.45, 2.75) is 18.9 Å². The Hall–Kier alpha value is -2.02. The number of nitrogens with one attached hydrogen (secondary N) is 1. The van der Waals surface area contributed by atoms with Gasteiger partial charge in [0.25, 0.3) is 5.91 Å². The zero-order chi connectivity index (χ0) is 14.8. The summed E-state index contributed by atoms with van der Waals surface area (Å²) >= 11 is 0. The highest BCUT2D eigenvalue weighted by molar-refractivity contribution is 5.97. The Morgan fingerprint density at radius 3 is 2.71 bits per heavy atom. The first-order valence-corrected chi connectivity index (χ1v) is 7.28. The van der Waals surface area contributed by atoms with E-state index in [0.29, 0.717) is 44.2 Å². The van der Waals surface area contributed by atoms with Crippen LogP contribution in [0.1, 0.15) is 23.3 Å². The van der Waals surface area contributed by atoms with Gasteiger partial charge in [-0.15, -0.1) is 0 Å². The topological polar surface area (TPSA) is 91.7 Å². The van der Waals surface area contributed by atoms with Crippen molar-refractivity contribution in [2.75, 3.05) is 38.6 Å². The molecule has 7 nitrogen and oxygen atoms in total. The molecule has 3 N–H and O–H groups in total. The number of ether oxygens (including phenoxy) is 1. The van der Waals surface area contributed by atoms with E-state index in [1.54, 1.807) is 22.1 Å². The van der Waals surface area contributed by atoms with Crippen molar-refractivity contribution in [2.24, 2.45) is 0 Å². The standard InChI is InChI=1S/C14H20N4O3/c15-10-8-11(16-9-10)13(19)18-3-1-2-12(18)14(20)17-4-6-21-7-5-17/h8-9,12,16H,1-7,15H2. The number of morpholine rings is 1. The Morgan fingerprint density at radius 2 is 2.05 bits per heavy atom. The summed E-state index contributed by atoms with van der Waals surface area (Å²) in [6.45, 7) is 2.96. The molecule has 0 spiro atoms. The van der Waals surface area contributed by atoms with E-state index in [1.807, 2.05) is 0 Å². The largest absolute Gasteiger partial charge is 0.397 e. The number of H-pyrrole nitrogens is 1. The average Bonchev–Trinajstić information content (AvgIpc) is 3.15. The molecular weight excluding hydrogens is 272 g/mol. The van der Waals surface area contributed by atoms with Crippen LogP contribution in [-0.2, 0) is 9.53 Å². The van der Waals surface area contributed by atoms with Crippen LogP contribution in [0.2, 0.25) is 0 Å². The van der Waals surface area contributed by atoms with Crippen molar-refractivity contribution in [3.05, 3.63) is 18.0 Å². The SMILES string of the molecule is Nc1c[nH]c(C(=O)N2CCCC2C(=O)N2CCOCC2)c1. The van der Waals surface area contributed by atoms with Crippen molar-refractivity contribution >= 4 is 17.5 Å². The molecule has 0 bridgehead atoms. The Labute approximate surface area is 123 Å². The molecule has 1 aromatic heterocycles. The van der Waals surface area contributed by atoms with E-state index < -0.39 is 0 Å². The third-order valence-electron chi connectivity index (χ3n) is 4.06. The Morgan fingerprint density at radius 1 is 1.29 bits per heavy atom. The molecule has 2 aliphatic heterocycles. The second-order valence-electron chi connectivity index (χ2n) is 5.44. The lowest BCUT2D eigenvalue weighted by Crippen LogP contribution is -2.51. The molecule has 0 radical (unpaired) electrons. The Kier molecular flexibility index (Phi) is 3.83. The van der Waals surface area contributed by atoms with Gasteiger partial charge in [-0.3, -0.25) is 9.59 Å². The summed E-state index contributed by atoms with van der Waals surface area (Å²) in [5.74, 6) is -0.125. The van der Waals surface area contributed by atoms with Gasteiger partial charge in [0, 0.05) is 31.5 Å². The molecule has 3 rings (SSSR count). The van der Waals surface area contributed by atoms with Crippen LogP contribution in [-0.4, -0.2) is 65.5 Å². The summed E-state index contributed by atoms with van der Waals surface area (Å²) in [4.78, 5) is 31.4. The van der Waals surface area contributed by atoms with Crippen LogP contribution in [0.15, 0.2) is 12.3 Å². The molecule has 3 heterocycles. The number of aromatic amines is 1. The van der Waals surface area contributed by atoms with Crippen LogP contribution in [0.3, 0.4) is 0 Å². The summed E-state index contributed by atoms with van der Waals surface area (Å²) in [5, 5.41) is 0. The van der Waals surface area contributed by atoms with Crippen LogP contribution in [0, 0.1) is 0 Å². The van der Waals surface area contributed by atoms with E-state index in [9.17, 15) is 9.59 Å². The number of nitrogens with zero attached hydrogens (tertiary/aromatic N) is 2. The fourth-order valence-electron chi connectivity index (χ4n) is 2.95. The highest BCUT2D eigenvalue weighted by atomic mass is 16.5. The third-order valence-corrected chi connectivity index (χ3v) is 4.06. The van der Waals surface area contributed by atoms with Crippen LogP contribution < -0.4 is 5.73 Å². The molecule has 1 atom stereocenters. The van der Waals surface area contributed by atoms with E-state index in [4.69, 9.17) is 10.5 Å². The molecule has 0 aliphatic carbocycles. The van der Waals surface area contributed by atoms with Crippen molar-refractivity contribution in [3.8, 4) is 0 Å². The van der Waals surface area contributed by atoms with Gasteiger partial charge in [0.2, 0.25) is 5.91 Å². The molecule has 2 aliphatic rings. The van der Waals surface area contributed by atoms with E-state index in [-0.39, 0.29) is 17.9 Å². The van der Waals surface area contributed by atoms with Crippen LogP contribution in [0.4, 0.5) is 5.69 Å². The quantitative estimate of drug-likeness (QED) is 0.806. The molecule has 114 valence electrons. The Balaban J connectivity index is 1.72. The van der Waals surface area contributed by atoms with Crippen LogP contribution in [0.25, 0.3) is 0 Å². The van der Waals surface area contributed by atoms with Crippen LogP contribution >= 0.6 is 0 Å². The van der Waals surface area contributed by atoms with E-state index in [1.165, 1.54) is 0 Å². The van der Waals surface area contributed by atoms with Gasteiger partial charge in [0.1, 0.15) is 11.7 Å². The van der Waals surface area contributed by atoms with E-state index in [0.717, 1.165) is 12.8 Å². The van der Waals surface area contributed by atoms with Crippen LogP contribution in [0.5, 0.6) is 0 Å². The van der Waals surface area contributed by atoms with Gasteiger partial charge in [0.15, 0.2) is 0 Å². The van der Waals surface area contributed by atoms with Crippen molar-refractivity contribution in [1.82, 2.24) is 14.8 Å². The predicted molar refractivity (Wildman–Crippen MR) is 76.7 cm³/mol. The number of anilines is 1. The van der Waals surface area contributed by atoms with Gasteiger partial charge in [-0.05, 0) is 18.9 Å². The number of carbonyl (C=O) groups is 2. The smallest absolute Gasteiger partial charge is 0.271 e. The maximum atomic E-state index is 12.6. The minimum Gasteiger partial charge on any atom is -0.397 e. The zero-order valence-corrected chi connectivity index (χ0v) is 11.9. The highest BCUT2D eigenvalue weighted by Crippen LogP contribution is 2.22.